The number of ether oxygens (including phenoxy) is 1. The van der Waals surface area contributed by atoms with Crippen LogP contribution in [0.4, 0.5) is 0 Å². The molecule has 0 saturated heterocycles. The van der Waals surface area contributed by atoms with E-state index < -0.39 is 0 Å². The minimum absolute atomic E-state index is 0.169. The van der Waals surface area contributed by atoms with Crippen LogP contribution in [-0.4, -0.2) is 17.6 Å². The zero-order chi connectivity index (χ0) is 13.0. The lowest BCUT2D eigenvalue weighted by Gasteiger charge is -2.05. The highest BCUT2D eigenvalue weighted by Crippen LogP contribution is 2.17. The Morgan fingerprint density at radius 2 is 2.22 bits per heavy atom. The van der Waals surface area contributed by atoms with Crippen molar-refractivity contribution in [2.75, 3.05) is 7.11 Å². The highest BCUT2D eigenvalue weighted by atomic mass is 32.1. The van der Waals surface area contributed by atoms with E-state index in [0.29, 0.717) is 4.80 Å². The van der Waals surface area contributed by atoms with Crippen LogP contribution in [0.2, 0.25) is 0 Å². The van der Waals surface area contributed by atoms with Crippen LogP contribution in [-0.2, 0) is 18.3 Å². The van der Waals surface area contributed by atoms with Crippen LogP contribution in [0.3, 0.4) is 0 Å². The van der Waals surface area contributed by atoms with Crippen molar-refractivity contribution in [1.29, 1.82) is 0 Å². The molecule has 0 aliphatic rings. The fourth-order valence-electron chi connectivity index (χ4n) is 1.59. The number of benzene rings is 1. The smallest absolute Gasteiger partial charge is 0.252 e. The molecule has 0 unspecified atom stereocenters. The maximum Gasteiger partial charge on any atom is 0.252 e. The Kier molecular flexibility index (Phi) is 3.94. The molecular formula is C13H14N2O2S. The Bertz CT molecular complexity index is 613. The van der Waals surface area contributed by atoms with Gasteiger partial charge in [-0.3, -0.25) is 4.79 Å². The molecule has 0 aliphatic heterocycles. The number of aromatic nitrogens is 1. The summed E-state index contributed by atoms with van der Waals surface area (Å²) in [6.07, 6.45) is 2.13. The zero-order valence-electron chi connectivity index (χ0n) is 10.3. The number of hydrogen-bond acceptors (Lipinski definition) is 3. The van der Waals surface area contributed by atoms with Crippen LogP contribution in [0.5, 0.6) is 5.75 Å². The molecule has 1 amide bonds. The molecule has 94 valence electrons. The first-order valence-corrected chi connectivity index (χ1v) is 6.38. The molecule has 0 atom stereocenters. The Hall–Kier alpha value is -1.88. The summed E-state index contributed by atoms with van der Waals surface area (Å²) in [6, 6.07) is 7.48. The third-order valence-corrected chi connectivity index (χ3v) is 3.36. The molecule has 0 spiro atoms. The van der Waals surface area contributed by atoms with Crippen molar-refractivity contribution in [3.05, 3.63) is 46.2 Å². The van der Waals surface area contributed by atoms with E-state index in [9.17, 15) is 4.79 Å². The molecule has 0 saturated carbocycles. The second-order valence-electron chi connectivity index (χ2n) is 3.79. The standard InChI is InChI=1S/C13H14N2O2S/c1-15-7-8-18-13(15)14-12(16)9-10-5-3-4-6-11(10)17-2/h3-8H,9H2,1-2H3. The van der Waals surface area contributed by atoms with Gasteiger partial charge in [0.2, 0.25) is 0 Å². The third kappa shape index (κ3) is 2.87. The van der Waals surface area contributed by atoms with Gasteiger partial charge < -0.3 is 9.30 Å². The number of hydrogen-bond donors (Lipinski definition) is 0. The van der Waals surface area contributed by atoms with Gasteiger partial charge in [0, 0.05) is 24.2 Å². The monoisotopic (exact) mass is 262 g/mol. The second-order valence-corrected chi connectivity index (χ2v) is 4.66. The first-order chi connectivity index (χ1) is 8.70. The number of nitrogens with zero attached hydrogens (tertiary/aromatic N) is 2. The van der Waals surface area contributed by atoms with Gasteiger partial charge in [-0.05, 0) is 6.07 Å². The summed E-state index contributed by atoms with van der Waals surface area (Å²) in [6.45, 7) is 0. The summed E-state index contributed by atoms with van der Waals surface area (Å²) in [5, 5.41) is 1.90. The fraction of sp³-hybridized carbons (Fsp3) is 0.231. The topological polar surface area (TPSA) is 43.6 Å². The maximum absolute atomic E-state index is 11.9. The van der Waals surface area contributed by atoms with Gasteiger partial charge in [-0.2, -0.15) is 4.99 Å². The SMILES string of the molecule is COc1ccccc1CC(=O)N=c1sccn1C. The van der Waals surface area contributed by atoms with Crippen LogP contribution in [0.25, 0.3) is 0 Å². The molecule has 2 aromatic rings. The second kappa shape index (κ2) is 5.64. The van der Waals surface area contributed by atoms with Crippen molar-refractivity contribution >= 4 is 17.2 Å². The molecule has 0 bridgehead atoms. The Labute approximate surface area is 109 Å². The molecule has 0 radical (unpaired) electrons. The van der Waals surface area contributed by atoms with Crippen LogP contribution >= 0.6 is 11.3 Å². The number of thiazole rings is 1. The van der Waals surface area contributed by atoms with E-state index in [1.807, 2.05) is 47.5 Å². The average molecular weight is 262 g/mol. The zero-order valence-corrected chi connectivity index (χ0v) is 11.1. The minimum atomic E-state index is -0.169. The highest BCUT2D eigenvalue weighted by molar-refractivity contribution is 7.07. The summed E-state index contributed by atoms with van der Waals surface area (Å²) in [5.74, 6) is 0.550. The lowest BCUT2D eigenvalue weighted by Crippen LogP contribution is -2.13. The first-order valence-electron chi connectivity index (χ1n) is 5.50. The van der Waals surface area contributed by atoms with Crippen molar-refractivity contribution in [2.45, 2.75) is 6.42 Å². The van der Waals surface area contributed by atoms with Gasteiger partial charge in [-0.15, -0.1) is 11.3 Å². The molecule has 2 rings (SSSR count). The Balaban J connectivity index is 2.20. The van der Waals surface area contributed by atoms with Gasteiger partial charge in [0.15, 0.2) is 4.80 Å². The maximum atomic E-state index is 11.9. The van der Waals surface area contributed by atoms with Crippen LogP contribution in [0.15, 0.2) is 40.8 Å². The van der Waals surface area contributed by atoms with E-state index in [1.165, 1.54) is 11.3 Å². The number of aryl methyl sites for hydroxylation is 1. The van der Waals surface area contributed by atoms with Gasteiger partial charge in [0.1, 0.15) is 5.75 Å². The molecule has 1 heterocycles. The summed E-state index contributed by atoms with van der Waals surface area (Å²) in [5.41, 5.74) is 0.855. The quantitative estimate of drug-likeness (QED) is 0.846. The van der Waals surface area contributed by atoms with Crippen LogP contribution < -0.4 is 9.54 Å². The number of carbonyl (C=O) groups is 1. The van der Waals surface area contributed by atoms with Gasteiger partial charge >= 0.3 is 0 Å². The number of carbonyl (C=O) groups excluding carboxylic acids is 1. The minimum Gasteiger partial charge on any atom is -0.496 e. The number of amides is 1. The van der Waals surface area contributed by atoms with Gasteiger partial charge in [-0.25, -0.2) is 0 Å². The molecule has 0 fully saturated rings. The lowest BCUT2D eigenvalue weighted by molar-refractivity contribution is -0.117. The molecule has 4 nitrogen and oxygen atoms in total. The van der Waals surface area contributed by atoms with Crippen molar-refractivity contribution in [3.8, 4) is 5.75 Å². The van der Waals surface area contributed by atoms with Crippen molar-refractivity contribution in [2.24, 2.45) is 12.0 Å². The predicted molar refractivity (Wildman–Crippen MR) is 70.6 cm³/mol. The summed E-state index contributed by atoms with van der Waals surface area (Å²) >= 11 is 1.44. The summed E-state index contributed by atoms with van der Waals surface area (Å²) in [4.78, 5) is 16.7. The van der Waals surface area contributed by atoms with Crippen molar-refractivity contribution < 1.29 is 9.53 Å². The summed E-state index contributed by atoms with van der Waals surface area (Å²) < 4.78 is 7.03. The van der Waals surface area contributed by atoms with Crippen molar-refractivity contribution in [3.63, 3.8) is 0 Å². The lowest BCUT2D eigenvalue weighted by atomic mass is 10.1. The molecule has 1 aromatic carbocycles. The van der Waals surface area contributed by atoms with E-state index in [-0.39, 0.29) is 12.3 Å². The van der Waals surface area contributed by atoms with E-state index in [4.69, 9.17) is 4.74 Å². The predicted octanol–water partition coefficient (Wildman–Crippen LogP) is 1.77. The first kappa shape index (κ1) is 12.6. The van der Waals surface area contributed by atoms with E-state index in [2.05, 4.69) is 4.99 Å². The number of methoxy groups -OCH3 is 1. The van der Waals surface area contributed by atoms with Crippen LogP contribution in [0, 0.1) is 0 Å². The summed E-state index contributed by atoms with van der Waals surface area (Å²) in [7, 11) is 3.46. The Morgan fingerprint density at radius 1 is 1.44 bits per heavy atom. The molecule has 1 aromatic heterocycles. The fourth-order valence-corrected chi connectivity index (χ4v) is 2.34. The van der Waals surface area contributed by atoms with Crippen molar-refractivity contribution in [1.82, 2.24) is 4.57 Å². The average Bonchev–Trinajstić information content (AvgIpc) is 2.75. The molecule has 0 aliphatic carbocycles. The Morgan fingerprint density at radius 3 is 2.89 bits per heavy atom. The molecule has 5 heteroatoms. The molecule has 18 heavy (non-hydrogen) atoms. The third-order valence-electron chi connectivity index (χ3n) is 2.51. The van der Waals surface area contributed by atoms with Gasteiger partial charge in [0.25, 0.3) is 5.91 Å². The molecule has 0 N–H and O–H groups in total. The van der Waals surface area contributed by atoms with Gasteiger partial charge in [0.05, 0.1) is 13.5 Å². The number of rotatable bonds is 3. The van der Waals surface area contributed by atoms with Crippen LogP contribution in [0.1, 0.15) is 5.56 Å². The molecular weight excluding hydrogens is 248 g/mol. The van der Waals surface area contributed by atoms with E-state index in [1.54, 1.807) is 7.11 Å². The van der Waals surface area contributed by atoms with Gasteiger partial charge in [-0.1, -0.05) is 18.2 Å². The normalized spacial score (nSPS) is 11.6. The largest absolute Gasteiger partial charge is 0.496 e. The highest BCUT2D eigenvalue weighted by Gasteiger charge is 2.07. The van der Waals surface area contributed by atoms with E-state index in [0.717, 1.165) is 11.3 Å². The van der Waals surface area contributed by atoms with E-state index >= 15 is 0 Å². The number of para-hydroxylation sites is 1.